The van der Waals surface area contributed by atoms with Gasteiger partial charge in [0.2, 0.25) is 5.95 Å². The van der Waals surface area contributed by atoms with Crippen LogP contribution in [0.1, 0.15) is 23.4 Å². The highest BCUT2D eigenvalue weighted by Gasteiger charge is 2.18. The van der Waals surface area contributed by atoms with Gasteiger partial charge < -0.3 is 16.0 Å². The van der Waals surface area contributed by atoms with Gasteiger partial charge in [-0.25, -0.2) is 9.97 Å². The maximum atomic E-state index is 14.1. The average molecular weight is 605 g/mol. The first-order valence-corrected chi connectivity index (χ1v) is 15.5. The summed E-state index contributed by atoms with van der Waals surface area (Å²) in [5.41, 5.74) is 6.24. The zero-order chi connectivity index (χ0) is 30.0. The van der Waals surface area contributed by atoms with Gasteiger partial charge in [0.25, 0.3) is 5.56 Å². The molecule has 0 amide bonds. The number of pyridine rings is 2. The Kier molecular flexibility index (Phi) is 7.59. The summed E-state index contributed by atoms with van der Waals surface area (Å²) in [7, 11) is 1.88. The van der Waals surface area contributed by atoms with Crippen LogP contribution in [-0.4, -0.2) is 53.4 Å². The number of thiazole rings is 1. The number of benzene rings is 1. The molecule has 222 valence electrons. The van der Waals surface area contributed by atoms with E-state index in [4.69, 9.17) is 4.98 Å². The lowest BCUT2D eigenvalue weighted by atomic mass is 10.0. The molecule has 44 heavy (non-hydrogen) atoms. The van der Waals surface area contributed by atoms with Crippen molar-refractivity contribution in [2.75, 3.05) is 23.7 Å². The molecular formula is C32H32N10OS. The monoisotopic (exact) mass is 604 g/mol. The van der Waals surface area contributed by atoms with Gasteiger partial charge in [0.1, 0.15) is 10.7 Å². The Labute approximate surface area is 258 Å². The summed E-state index contributed by atoms with van der Waals surface area (Å²) in [6, 6.07) is 14.3. The number of fused-ring (bicyclic) bond motifs is 1. The molecule has 0 bridgehead atoms. The second-order valence-corrected chi connectivity index (χ2v) is 11.9. The van der Waals surface area contributed by atoms with Crippen LogP contribution in [0.25, 0.3) is 33.5 Å². The quantitative estimate of drug-likeness (QED) is 0.221. The van der Waals surface area contributed by atoms with Crippen LogP contribution >= 0.6 is 11.3 Å². The van der Waals surface area contributed by atoms with Crippen LogP contribution in [0.15, 0.2) is 77.4 Å². The van der Waals surface area contributed by atoms with Gasteiger partial charge in [-0.1, -0.05) is 0 Å². The van der Waals surface area contributed by atoms with Crippen LogP contribution in [0.2, 0.25) is 0 Å². The highest BCUT2D eigenvalue weighted by atomic mass is 32.1. The van der Waals surface area contributed by atoms with Gasteiger partial charge in [0, 0.05) is 77.7 Å². The van der Waals surface area contributed by atoms with Crippen LogP contribution in [-0.2, 0) is 13.6 Å². The molecule has 1 aromatic carbocycles. The molecule has 0 radical (unpaired) electrons. The van der Waals surface area contributed by atoms with Crippen molar-refractivity contribution in [2.45, 2.75) is 32.4 Å². The zero-order valence-corrected chi connectivity index (χ0v) is 25.3. The van der Waals surface area contributed by atoms with Crippen LogP contribution in [0.3, 0.4) is 0 Å². The van der Waals surface area contributed by atoms with Gasteiger partial charge in [-0.05, 0) is 74.3 Å². The fraction of sp³-hybridized carbons (Fsp3) is 0.250. The molecule has 0 spiro atoms. The summed E-state index contributed by atoms with van der Waals surface area (Å²) >= 11 is 1.50. The summed E-state index contributed by atoms with van der Waals surface area (Å²) in [4.78, 5) is 32.6. The van der Waals surface area contributed by atoms with Gasteiger partial charge in [-0.15, -0.1) is 11.3 Å². The third kappa shape index (κ3) is 5.69. The molecule has 6 aromatic rings. The maximum Gasteiger partial charge on any atom is 0.260 e. The lowest BCUT2D eigenvalue weighted by Gasteiger charge is -2.24. The Hall–Kier alpha value is -4.94. The normalized spacial score (nSPS) is 15.0. The van der Waals surface area contributed by atoms with E-state index < -0.39 is 0 Å². The second kappa shape index (κ2) is 12.0. The Morgan fingerprint density at radius 2 is 1.89 bits per heavy atom. The lowest BCUT2D eigenvalue weighted by Crippen LogP contribution is -2.38. The SMILES string of the molecule is Cc1cc(-c2ccnn2C)ncc1-c1cc2cnc(Nc3ccc(NC4CCCNC4)cc3)nc2n(Cc2nccs2)c1=O. The number of hydrogen-bond donors (Lipinski definition) is 3. The molecule has 12 heteroatoms. The second-order valence-electron chi connectivity index (χ2n) is 11.0. The number of hydrogen-bond acceptors (Lipinski definition) is 10. The molecule has 7 rings (SSSR count). The standard InChI is InChI=1S/C32H32N10OS/c1-20-14-27(28-9-11-37-41(28)2)35-18-26(20)25-15-21-16-36-32(40-30(21)42(31(25)43)19-29-34-12-13-44-29)39-23-7-5-22(6-8-23)38-24-4-3-10-33-17-24/h5-9,11-16,18,24,33,38H,3-4,10,17,19H2,1-2H3,(H,36,39,40). The van der Waals surface area contributed by atoms with Gasteiger partial charge in [0.05, 0.1) is 17.9 Å². The number of aryl methyl sites for hydroxylation is 2. The summed E-state index contributed by atoms with van der Waals surface area (Å²) in [5, 5.41) is 18.1. The molecule has 1 atom stereocenters. The van der Waals surface area contributed by atoms with E-state index in [9.17, 15) is 4.79 Å². The smallest absolute Gasteiger partial charge is 0.260 e. The van der Waals surface area contributed by atoms with E-state index in [0.29, 0.717) is 29.7 Å². The largest absolute Gasteiger partial charge is 0.381 e. The van der Waals surface area contributed by atoms with Crippen molar-refractivity contribution in [1.29, 1.82) is 0 Å². The molecule has 1 aliphatic rings. The van der Waals surface area contributed by atoms with Crippen molar-refractivity contribution < 1.29 is 0 Å². The molecule has 5 aromatic heterocycles. The number of piperidine rings is 1. The Bertz CT molecular complexity index is 1980. The summed E-state index contributed by atoms with van der Waals surface area (Å²) in [6.07, 6.45) is 9.34. The van der Waals surface area contributed by atoms with Crippen LogP contribution in [0.5, 0.6) is 0 Å². The van der Waals surface area contributed by atoms with Gasteiger partial charge in [0.15, 0.2) is 0 Å². The van der Waals surface area contributed by atoms with Crippen molar-refractivity contribution in [3.05, 3.63) is 93.6 Å². The van der Waals surface area contributed by atoms with Crippen molar-refractivity contribution in [1.82, 2.24) is 39.6 Å². The maximum absolute atomic E-state index is 14.1. The molecule has 11 nitrogen and oxygen atoms in total. The van der Waals surface area contributed by atoms with E-state index in [0.717, 1.165) is 63.8 Å². The fourth-order valence-corrected chi connectivity index (χ4v) is 6.22. The fourth-order valence-electron chi connectivity index (χ4n) is 5.62. The first kappa shape index (κ1) is 27.9. The Morgan fingerprint density at radius 1 is 1.02 bits per heavy atom. The van der Waals surface area contributed by atoms with Gasteiger partial charge >= 0.3 is 0 Å². The van der Waals surface area contributed by atoms with E-state index >= 15 is 0 Å². The van der Waals surface area contributed by atoms with E-state index in [-0.39, 0.29) is 5.56 Å². The molecule has 6 heterocycles. The van der Waals surface area contributed by atoms with Crippen molar-refractivity contribution in [3.8, 4) is 22.5 Å². The number of aromatic nitrogens is 7. The number of rotatable bonds is 8. The predicted molar refractivity (Wildman–Crippen MR) is 174 cm³/mol. The third-order valence-electron chi connectivity index (χ3n) is 7.90. The molecule has 1 fully saturated rings. The minimum Gasteiger partial charge on any atom is -0.381 e. The molecular weight excluding hydrogens is 572 g/mol. The zero-order valence-electron chi connectivity index (χ0n) is 24.5. The molecule has 1 aliphatic heterocycles. The van der Waals surface area contributed by atoms with Crippen LogP contribution in [0, 0.1) is 6.92 Å². The summed E-state index contributed by atoms with van der Waals surface area (Å²) in [6.45, 7) is 4.35. The van der Waals surface area contributed by atoms with Crippen molar-refractivity contribution >= 4 is 39.7 Å². The van der Waals surface area contributed by atoms with Gasteiger partial charge in [-0.3, -0.25) is 19.0 Å². The van der Waals surface area contributed by atoms with E-state index in [1.165, 1.54) is 17.8 Å². The first-order chi connectivity index (χ1) is 21.5. The predicted octanol–water partition coefficient (Wildman–Crippen LogP) is 4.97. The summed E-state index contributed by atoms with van der Waals surface area (Å²) < 4.78 is 3.46. The van der Waals surface area contributed by atoms with Crippen molar-refractivity contribution in [2.24, 2.45) is 7.05 Å². The highest BCUT2D eigenvalue weighted by Crippen LogP contribution is 2.27. The van der Waals surface area contributed by atoms with Crippen LogP contribution in [0.4, 0.5) is 17.3 Å². The molecule has 1 unspecified atom stereocenters. The summed E-state index contributed by atoms with van der Waals surface area (Å²) in [5.74, 6) is 0.410. The van der Waals surface area contributed by atoms with Gasteiger partial charge in [-0.2, -0.15) is 10.1 Å². The van der Waals surface area contributed by atoms with E-state index in [1.807, 2.05) is 49.7 Å². The molecule has 0 aliphatic carbocycles. The number of nitrogens with one attached hydrogen (secondary N) is 3. The minimum atomic E-state index is -0.164. The third-order valence-corrected chi connectivity index (χ3v) is 8.66. The van der Waals surface area contributed by atoms with Crippen LogP contribution < -0.4 is 21.5 Å². The highest BCUT2D eigenvalue weighted by molar-refractivity contribution is 7.09. The minimum absolute atomic E-state index is 0.164. The Morgan fingerprint density at radius 3 is 2.61 bits per heavy atom. The lowest BCUT2D eigenvalue weighted by molar-refractivity contribution is 0.480. The van der Waals surface area contributed by atoms with E-state index in [1.54, 1.807) is 34.0 Å². The average Bonchev–Trinajstić information content (AvgIpc) is 3.72. The number of nitrogens with zero attached hydrogens (tertiary/aromatic N) is 7. The topological polar surface area (TPSA) is 127 Å². The van der Waals surface area contributed by atoms with E-state index in [2.05, 4.69) is 48.1 Å². The first-order valence-electron chi connectivity index (χ1n) is 14.6. The number of anilines is 3. The molecule has 1 saturated heterocycles. The Balaban J connectivity index is 1.22. The van der Waals surface area contributed by atoms with Crippen molar-refractivity contribution in [3.63, 3.8) is 0 Å². The molecule has 0 saturated carbocycles. The molecule has 3 N–H and O–H groups in total.